The van der Waals surface area contributed by atoms with E-state index in [1.807, 2.05) is 11.3 Å². The lowest BCUT2D eigenvalue weighted by atomic mass is 9.82. The normalized spacial score (nSPS) is 13.1. The molecule has 1 aliphatic carbocycles. The number of para-hydroxylation sites is 1. The molecule has 11 rings (SSSR count). The van der Waals surface area contributed by atoms with Crippen molar-refractivity contribution in [2.45, 2.75) is 19.3 Å². The first-order valence-corrected chi connectivity index (χ1v) is 19.5. The Morgan fingerprint density at radius 2 is 1.09 bits per heavy atom. The molecule has 54 heavy (non-hydrogen) atoms. The fraction of sp³-hybridized carbons (Fsp3) is 0.0588. The summed E-state index contributed by atoms with van der Waals surface area (Å²) in [5.41, 5.74) is 14.7. The summed E-state index contributed by atoms with van der Waals surface area (Å²) >= 11 is 1.90. The van der Waals surface area contributed by atoms with E-state index in [1.165, 1.54) is 75.4 Å². The van der Waals surface area contributed by atoms with Gasteiger partial charge < -0.3 is 9.47 Å². The molecule has 0 atom stereocenters. The highest BCUT2D eigenvalue weighted by atomic mass is 32.1. The number of aromatic nitrogens is 1. The van der Waals surface area contributed by atoms with Gasteiger partial charge in [-0.2, -0.15) is 0 Å². The van der Waals surface area contributed by atoms with Crippen LogP contribution in [-0.2, 0) is 5.41 Å². The molecule has 0 saturated heterocycles. The smallest absolute Gasteiger partial charge is 0.0555 e. The molecular formula is C51H36N2S. The molecule has 0 saturated carbocycles. The lowest BCUT2D eigenvalue weighted by molar-refractivity contribution is 0.660. The van der Waals surface area contributed by atoms with Crippen LogP contribution < -0.4 is 4.90 Å². The predicted molar refractivity (Wildman–Crippen MR) is 231 cm³/mol. The Hall–Kier alpha value is -6.42. The summed E-state index contributed by atoms with van der Waals surface area (Å²) in [6.45, 7) is 4.71. The molecule has 0 N–H and O–H groups in total. The molecular weight excluding hydrogens is 673 g/mol. The molecule has 2 nitrogen and oxygen atoms in total. The van der Waals surface area contributed by atoms with E-state index < -0.39 is 0 Å². The molecule has 0 radical (unpaired) electrons. The van der Waals surface area contributed by atoms with Crippen molar-refractivity contribution in [3.8, 4) is 27.9 Å². The highest BCUT2D eigenvalue weighted by Gasteiger charge is 2.35. The van der Waals surface area contributed by atoms with E-state index in [2.05, 4.69) is 205 Å². The van der Waals surface area contributed by atoms with E-state index in [0.29, 0.717) is 0 Å². The summed E-state index contributed by atoms with van der Waals surface area (Å²) in [7, 11) is 0. The maximum Gasteiger partial charge on any atom is 0.0555 e. The van der Waals surface area contributed by atoms with Gasteiger partial charge in [0.15, 0.2) is 0 Å². The van der Waals surface area contributed by atoms with Gasteiger partial charge in [0.05, 0.1) is 11.0 Å². The van der Waals surface area contributed by atoms with Gasteiger partial charge >= 0.3 is 0 Å². The third kappa shape index (κ3) is 4.58. The van der Waals surface area contributed by atoms with Gasteiger partial charge in [0.1, 0.15) is 0 Å². The number of anilines is 3. The number of rotatable bonds is 5. The SMILES string of the molecule is CC1(C)c2ccccc2-c2ccc(N(c3ccc(-c4ccccc4)cc3)c3ccc(-n4c5ccccc5c5c6sc7ccccc7c6ccc54)cc3)cc21. The Kier molecular flexibility index (Phi) is 6.80. The van der Waals surface area contributed by atoms with Crippen molar-refractivity contribution in [2.75, 3.05) is 4.90 Å². The minimum absolute atomic E-state index is 0.0923. The molecule has 8 aromatic carbocycles. The Morgan fingerprint density at radius 3 is 1.91 bits per heavy atom. The number of hydrogen-bond donors (Lipinski definition) is 0. The third-order valence-electron chi connectivity index (χ3n) is 11.6. The van der Waals surface area contributed by atoms with Crippen LogP contribution in [0, 0.1) is 0 Å². The van der Waals surface area contributed by atoms with E-state index in [0.717, 1.165) is 22.7 Å². The van der Waals surface area contributed by atoms with Crippen LogP contribution in [0.3, 0.4) is 0 Å². The van der Waals surface area contributed by atoms with Crippen LogP contribution in [0.4, 0.5) is 17.1 Å². The van der Waals surface area contributed by atoms with E-state index in [-0.39, 0.29) is 5.41 Å². The second kappa shape index (κ2) is 11.8. The highest BCUT2D eigenvalue weighted by molar-refractivity contribution is 7.26. The van der Waals surface area contributed by atoms with Crippen molar-refractivity contribution in [1.82, 2.24) is 4.57 Å². The van der Waals surface area contributed by atoms with Crippen molar-refractivity contribution in [3.05, 3.63) is 193 Å². The van der Waals surface area contributed by atoms with Crippen molar-refractivity contribution in [2.24, 2.45) is 0 Å². The van der Waals surface area contributed by atoms with E-state index in [4.69, 9.17) is 0 Å². The molecule has 0 spiro atoms. The number of nitrogens with zero attached hydrogens (tertiary/aromatic N) is 2. The van der Waals surface area contributed by atoms with Gasteiger partial charge in [-0.15, -0.1) is 11.3 Å². The van der Waals surface area contributed by atoms with Gasteiger partial charge in [0.25, 0.3) is 0 Å². The van der Waals surface area contributed by atoms with Crippen LogP contribution in [0.1, 0.15) is 25.0 Å². The number of fused-ring (bicyclic) bond motifs is 10. The summed E-state index contributed by atoms with van der Waals surface area (Å²) in [5, 5.41) is 5.28. The fourth-order valence-electron chi connectivity index (χ4n) is 8.98. The first-order valence-electron chi connectivity index (χ1n) is 18.7. The second-order valence-electron chi connectivity index (χ2n) is 15.0. The lowest BCUT2D eigenvalue weighted by Crippen LogP contribution is -2.16. The van der Waals surface area contributed by atoms with Crippen LogP contribution in [-0.4, -0.2) is 4.57 Å². The quantitative estimate of drug-likeness (QED) is 0.173. The van der Waals surface area contributed by atoms with Crippen LogP contribution in [0.5, 0.6) is 0 Å². The van der Waals surface area contributed by atoms with Gasteiger partial charge in [-0.1, -0.05) is 129 Å². The average molecular weight is 709 g/mol. The molecule has 0 amide bonds. The molecule has 2 heterocycles. The van der Waals surface area contributed by atoms with Crippen molar-refractivity contribution in [3.63, 3.8) is 0 Å². The van der Waals surface area contributed by atoms with Gasteiger partial charge in [0.2, 0.25) is 0 Å². The van der Waals surface area contributed by atoms with Gasteiger partial charge in [-0.25, -0.2) is 0 Å². The standard InChI is InChI=1S/C51H36N2S/c1-51(2)44-17-9-6-14-39(44)40-29-28-38(32-45(40)51)52(35-22-20-34(21-23-35)33-12-4-3-5-13-33)36-24-26-37(27-25-36)53-46-18-10-7-16-43(46)49-47(53)31-30-42-41-15-8-11-19-48(41)54-50(42)49/h3-32H,1-2H3. The zero-order valence-electron chi connectivity index (χ0n) is 30.1. The van der Waals surface area contributed by atoms with Crippen molar-refractivity contribution in [1.29, 1.82) is 0 Å². The van der Waals surface area contributed by atoms with E-state index >= 15 is 0 Å². The molecule has 10 aromatic rings. The Balaban J connectivity index is 1.06. The minimum Gasteiger partial charge on any atom is -0.310 e. The van der Waals surface area contributed by atoms with Gasteiger partial charge in [-0.05, 0) is 100 Å². The number of thiophene rings is 1. The van der Waals surface area contributed by atoms with Crippen molar-refractivity contribution < 1.29 is 0 Å². The molecule has 0 fully saturated rings. The monoisotopic (exact) mass is 708 g/mol. The molecule has 3 heteroatoms. The third-order valence-corrected chi connectivity index (χ3v) is 12.8. The molecule has 0 unspecified atom stereocenters. The fourth-order valence-corrected chi connectivity index (χ4v) is 10.2. The van der Waals surface area contributed by atoms with E-state index in [9.17, 15) is 0 Å². The van der Waals surface area contributed by atoms with Crippen LogP contribution in [0.15, 0.2) is 182 Å². The lowest BCUT2D eigenvalue weighted by Gasteiger charge is -2.28. The average Bonchev–Trinajstić information content (AvgIpc) is 3.85. The Bertz CT molecular complexity index is 3060. The Labute approximate surface area is 318 Å². The maximum absolute atomic E-state index is 2.44. The number of hydrogen-bond acceptors (Lipinski definition) is 2. The molecule has 2 aromatic heterocycles. The van der Waals surface area contributed by atoms with Crippen LogP contribution >= 0.6 is 11.3 Å². The summed E-state index contributed by atoms with van der Waals surface area (Å²) < 4.78 is 5.12. The summed E-state index contributed by atoms with van der Waals surface area (Å²) in [6, 6.07) is 66.9. The van der Waals surface area contributed by atoms with Gasteiger partial charge in [-0.3, -0.25) is 0 Å². The van der Waals surface area contributed by atoms with E-state index in [1.54, 1.807) is 0 Å². The summed E-state index contributed by atoms with van der Waals surface area (Å²) in [6.07, 6.45) is 0. The first-order chi connectivity index (χ1) is 26.5. The highest BCUT2D eigenvalue weighted by Crippen LogP contribution is 2.51. The predicted octanol–water partition coefficient (Wildman–Crippen LogP) is 14.6. The van der Waals surface area contributed by atoms with Crippen LogP contribution in [0.25, 0.3) is 69.9 Å². The van der Waals surface area contributed by atoms with Gasteiger partial charge in [0, 0.05) is 59.1 Å². The Morgan fingerprint density at radius 1 is 0.463 bits per heavy atom. The first kappa shape index (κ1) is 31.1. The summed E-state index contributed by atoms with van der Waals surface area (Å²) in [4.78, 5) is 2.41. The molecule has 1 aliphatic rings. The number of benzene rings is 8. The zero-order valence-corrected chi connectivity index (χ0v) is 30.9. The molecule has 0 bridgehead atoms. The molecule has 256 valence electrons. The maximum atomic E-state index is 2.44. The minimum atomic E-state index is -0.0923. The second-order valence-corrected chi connectivity index (χ2v) is 16.0. The zero-order chi connectivity index (χ0) is 36.0. The molecule has 0 aliphatic heterocycles. The topological polar surface area (TPSA) is 8.17 Å². The van der Waals surface area contributed by atoms with Crippen LogP contribution in [0.2, 0.25) is 0 Å². The largest absolute Gasteiger partial charge is 0.310 e. The van der Waals surface area contributed by atoms with Crippen molar-refractivity contribution >= 4 is 70.4 Å². The summed E-state index contributed by atoms with van der Waals surface area (Å²) in [5.74, 6) is 0.